The van der Waals surface area contributed by atoms with Crippen LogP contribution < -0.4 is 5.32 Å². The lowest BCUT2D eigenvalue weighted by Gasteiger charge is -2.17. The predicted molar refractivity (Wildman–Crippen MR) is 72.1 cm³/mol. The number of hydrogen-bond donors (Lipinski definition) is 1. The number of rotatable bonds is 4. The summed E-state index contributed by atoms with van der Waals surface area (Å²) in [5, 5.41) is 16.0. The summed E-state index contributed by atoms with van der Waals surface area (Å²) in [4.78, 5) is 8.56. The van der Waals surface area contributed by atoms with Crippen LogP contribution in [0.25, 0.3) is 0 Å². The zero-order chi connectivity index (χ0) is 13.8. The molecule has 2 aromatic heterocycles. The molecule has 0 spiro atoms. The highest BCUT2D eigenvalue weighted by atomic mass is 16.5. The summed E-state index contributed by atoms with van der Waals surface area (Å²) in [5.74, 6) is 1.24. The molecule has 0 amide bonds. The van der Waals surface area contributed by atoms with Crippen molar-refractivity contribution >= 4 is 5.82 Å². The van der Waals surface area contributed by atoms with E-state index in [9.17, 15) is 5.26 Å². The molecule has 1 N–H and O–H groups in total. The molecular formula is C14H15N5O. The van der Waals surface area contributed by atoms with Gasteiger partial charge in [-0.2, -0.15) is 10.2 Å². The van der Waals surface area contributed by atoms with E-state index in [2.05, 4.69) is 26.5 Å². The highest BCUT2D eigenvalue weighted by Gasteiger charge is 2.15. The highest BCUT2D eigenvalue weighted by Crippen LogP contribution is 2.24. The van der Waals surface area contributed by atoms with Crippen molar-refractivity contribution in [3.8, 4) is 6.07 Å². The third kappa shape index (κ3) is 2.62. The van der Waals surface area contributed by atoms with Gasteiger partial charge in [-0.15, -0.1) is 0 Å². The minimum Gasteiger partial charge on any atom is -0.368 e. The van der Waals surface area contributed by atoms with E-state index in [-0.39, 0.29) is 0 Å². The lowest BCUT2D eigenvalue weighted by molar-refractivity contribution is 0.379. The molecule has 1 aliphatic rings. The number of fused-ring (bicyclic) bond motifs is 1. The number of aryl methyl sites for hydroxylation is 2. The number of nitriles is 1. The average Bonchev–Trinajstić information content (AvgIpc) is 3.00. The summed E-state index contributed by atoms with van der Waals surface area (Å²) in [6, 6.07) is 4.18. The molecule has 6 heteroatoms. The van der Waals surface area contributed by atoms with Crippen LogP contribution in [-0.2, 0) is 19.3 Å². The van der Waals surface area contributed by atoms with Crippen LogP contribution in [0.5, 0.6) is 0 Å². The fourth-order valence-corrected chi connectivity index (χ4v) is 2.45. The van der Waals surface area contributed by atoms with E-state index >= 15 is 0 Å². The van der Waals surface area contributed by atoms with Crippen LogP contribution in [0.15, 0.2) is 16.9 Å². The van der Waals surface area contributed by atoms with Crippen LogP contribution in [0.1, 0.15) is 35.6 Å². The molecule has 20 heavy (non-hydrogen) atoms. The summed E-state index contributed by atoms with van der Waals surface area (Å²) >= 11 is 0. The van der Waals surface area contributed by atoms with E-state index in [1.54, 1.807) is 0 Å². The van der Waals surface area contributed by atoms with Crippen molar-refractivity contribution in [1.82, 2.24) is 15.1 Å². The van der Waals surface area contributed by atoms with Crippen molar-refractivity contribution in [2.24, 2.45) is 0 Å². The molecule has 0 fully saturated rings. The summed E-state index contributed by atoms with van der Waals surface area (Å²) < 4.78 is 4.93. The van der Waals surface area contributed by atoms with Crippen molar-refractivity contribution in [3.05, 3.63) is 35.1 Å². The molecule has 0 bridgehead atoms. The monoisotopic (exact) mass is 269 g/mol. The van der Waals surface area contributed by atoms with Gasteiger partial charge in [0.2, 0.25) is 5.89 Å². The Kier molecular flexibility index (Phi) is 3.59. The van der Waals surface area contributed by atoms with Gasteiger partial charge in [0.05, 0.1) is 5.56 Å². The van der Waals surface area contributed by atoms with E-state index in [4.69, 9.17) is 4.52 Å². The Morgan fingerprint density at radius 2 is 2.25 bits per heavy atom. The number of nitrogens with zero attached hydrogens (tertiary/aromatic N) is 4. The van der Waals surface area contributed by atoms with Crippen LogP contribution in [0.4, 0.5) is 5.82 Å². The Morgan fingerprint density at radius 3 is 3.05 bits per heavy atom. The molecule has 1 aliphatic carbocycles. The molecule has 0 atom stereocenters. The molecule has 0 radical (unpaired) electrons. The molecule has 2 aromatic rings. The van der Waals surface area contributed by atoms with Crippen LogP contribution in [0.3, 0.4) is 0 Å². The number of anilines is 1. The number of pyridine rings is 1. The van der Waals surface area contributed by atoms with Gasteiger partial charge in [-0.25, -0.2) is 4.98 Å². The second-order valence-electron chi connectivity index (χ2n) is 4.82. The Balaban J connectivity index is 1.73. The van der Waals surface area contributed by atoms with E-state index < -0.39 is 0 Å². The first kappa shape index (κ1) is 12.6. The standard InChI is InChI=1S/C14H15N5O/c15-8-11-7-10-3-1-2-4-12(10)19-14(11)16-6-5-13-17-9-18-20-13/h7,9H,1-6H2,(H,16,19). The minimum absolute atomic E-state index is 0.578. The van der Waals surface area contributed by atoms with Crippen molar-refractivity contribution in [1.29, 1.82) is 5.26 Å². The first-order valence-corrected chi connectivity index (χ1v) is 6.79. The van der Waals surface area contributed by atoms with Crippen molar-refractivity contribution in [2.45, 2.75) is 32.1 Å². The molecular weight excluding hydrogens is 254 g/mol. The molecule has 0 aliphatic heterocycles. The Morgan fingerprint density at radius 1 is 1.35 bits per heavy atom. The van der Waals surface area contributed by atoms with Gasteiger partial charge in [0.1, 0.15) is 11.9 Å². The van der Waals surface area contributed by atoms with Crippen LogP contribution in [-0.4, -0.2) is 21.7 Å². The Bertz CT molecular complexity index is 630. The first-order valence-electron chi connectivity index (χ1n) is 6.79. The predicted octanol–water partition coefficient (Wildman–Crippen LogP) is 1.87. The summed E-state index contributed by atoms with van der Waals surface area (Å²) in [6.07, 6.45) is 6.38. The van der Waals surface area contributed by atoms with Gasteiger partial charge in [0.25, 0.3) is 0 Å². The largest absolute Gasteiger partial charge is 0.368 e. The fourth-order valence-electron chi connectivity index (χ4n) is 2.45. The molecule has 0 saturated carbocycles. The normalized spacial score (nSPS) is 13.6. The SMILES string of the molecule is N#Cc1cc2c(nc1NCCc1ncno1)CCCC2. The maximum atomic E-state index is 9.23. The number of aromatic nitrogens is 3. The Labute approximate surface area is 116 Å². The maximum Gasteiger partial charge on any atom is 0.228 e. The fraction of sp³-hybridized carbons (Fsp3) is 0.429. The van der Waals surface area contributed by atoms with Gasteiger partial charge in [-0.1, -0.05) is 5.16 Å². The van der Waals surface area contributed by atoms with Crippen LogP contribution in [0, 0.1) is 11.3 Å². The maximum absolute atomic E-state index is 9.23. The molecule has 3 rings (SSSR count). The second kappa shape index (κ2) is 5.70. The zero-order valence-electron chi connectivity index (χ0n) is 11.1. The molecule has 2 heterocycles. The quantitative estimate of drug-likeness (QED) is 0.911. The van der Waals surface area contributed by atoms with Gasteiger partial charge in [0, 0.05) is 18.7 Å². The van der Waals surface area contributed by atoms with Gasteiger partial charge in [-0.05, 0) is 37.3 Å². The van der Waals surface area contributed by atoms with Gasteiger partial charge < -0.3 is 9.84 Å². The lowest BCUT2D eigenvalue weighted by Crippen LogP contribution is -2.12. The van der Waals surface area contributed by atoms with Crippen LogP contribution >= 0.6 is 0 Å². The van der Waals surface area contributed by atoms with Crippen LogP contribution in [0.2, 0.25) is 0 Å². The molecule has 0 aromatic carbocycles. The van der Waals surface area contributed by atoms with E-state index in [1.165, 1.54) is 24.7 Å². The summed E-state index contributed by atoms with van der Waals surface area (Å²) in [6.45, 7) is 0.614. The van der Waals surface area contributed by atoms with Crippen molar-refractivity contribution in [3.63, 3.8) is 0 Å². The van der Waals surface area contributed by atoms with Gasteiger partial charge in [0.15, 0.2) is 6.33 Å². The van der Waals surface area contributed by atoms with Crippen molar-refractivity contribution in [2.75, 3.05) is 11.9 Å². The average molecular weight is 269 g/mol. The molecule has 0 saturated heterocycles. The number of hydrogen-bond acceptors (Lipinski definition) is 6. The number of nitrogens with one attached hydrogen (secondary N) is 1. The summed E-state index contributed by atoms with van der Waals surface area (Å²) in [7, 11) is 0. The molecule has 0 unspecified atom stereocenters. The lowest BCUT2D eigenvalue weighted by atomic mass is 9.95. The van der Waals surface area contributed by atoms with Crippen molar-refractivity contribution < 1.29 is 4.52 Å². The minimum atomic E-state index is 0.578. The smallest absolute Gasteiger partial charge is 0.228 e. The van der Waals surface area contributed by atoms with E-state index in [0.717, 1.165) is 18.5 Å². The first-order chi connectivity index (χ1) is 9.86. The Hall–Kier alpha value is -2.42. The van der Waals surface area contributed by atoms with E-state index in [0.29, 0.717) is 30.2 Å². The highest BCUT2D eigenvalue weighted by molar-refractivity contribution is 5.54. The molecule has 102 valence electrons. The summed E-state index contributed by atoms with van der Waals surface area (Å²) in [5.41, 5.74) is 2.95. The topological polar surface area (TPSA) is 87.6 Å². The third-order valence-corrected chi connectivity index (χ3v) is 3.46. The van der Waals surface area contributed by atoms with Gasteiger partial charge >= 0.3 is 0 Å². The molecule has 6 nitrogen and oxygen atoms in total. The zero-order valence-corrected chi connectivity index (χ0v) is 11.1. The third-order valence-electron chi connectivity index (χ3n) is 3.46. The second-order valence-corrected chi connectivity index (χ2v) is 4.82. The van der Waals surface area contributed by atoms with E-state index in [1.807, 2.05) is 6.07 Å². The van der Waals surface area contributed by atoms with Gasteiger partial charge in [-0.3, -0.25) is 0 Å².